The number of methoxy groups -OCH3 is 1. The number of aryl methyl sites for hydroxylation is 1. The largest absolute Gasteiger partial charge is 0.469 e. The van der Waals surface area contributed by atoms with Crippen LogP contribution in [0.4, 0.5) is 0 Å². The van der Waals surface area contributed by atoms with Crippen molar-refractivity contribution in [2.24, 2.45) is 0 Å². The summed E-state index contributed by atoms with van der Waals surface area (Å²) in [7, 11) is 1.35. The van der Waals surface area contributed by atoms with Crippen molar-refractivity contribution < 1.29 is 9.53 Å². The molecule has 0 spiro atoms. The van der Waals surface area contributed by atoms with Crippen LogP contribution in [0.1, 0.15) is 24.6 Å². The van der Waals surface area contributed by atoms with Crippen LogP contribution < -0.4 is 5.56 Å². The normalized spacial score (nSPS) is 10.9. The molecule has 20 heavy (non-hydrogen) atoms. The number of nitrogens with zero attached hydrogens (tertiary/aromatic N) is 1. The molecule has 0 atom stereocenters. The lowest BCUT2D eigenvalue weighted by atomic mass is 10.3. The minimum atomic E-state index is -0.280. The lowest BCUT2D eigenvalue weighted by Crippen LogP contribution is -2.22. The van der Waals surface area contributed by atoms with Crippen LogP contribution in [0.15, 0.2) is 10.9 Å². The van der Waals surface area contributed by atoms with Gasteiger partial charge in [0.2, 0.25) is 0 Å². The van der Waals surface area contributed by atoms with Gasteiger partial charge in [0.05, 0.1) is 12.5 Å². The average molecular weight is 312 g/mol. The molecular formula is C13H16N2O3S2. The van der Waals surface area contributed by atoms with Gasteiger partial charge in [-0.05, 0) is 31.1 Å². The van der Waals surface area contributed by atoms with Gasteiger partial charge >= 0.3 is 5.97 Å². The third-order valence-electron chi connectivity index (χ3n) is 3.06. The highest BCUT2D eigenvalue weighted by Crippen LogP contribution is 2.21. The molecule has 5 nitrogen and oxygen atoms in total. The Balaban J connectivity index is 2.31. The second kappa shape index (κ2) is 6.32. The van der Waals surface area contributed by atoms with Gasteiger partial charge < -0.3 is 9.72 Å². The molecule has 0 fully saturated rings. The van der Waals surface area contributed by atoms with E-state index in [2.05, 4.69) is 9.72 Å². The fraction of sp³-hybridized carbons (Fsp3) is 0.462. The molecule has 2 heterocycles. The Morgan fingerprint density at radius 1 is 1.55 bits per heavy atom. The lowest BCUT2D eigenvalue weighted by Gasteiger charge is -2.05. The van der Waals surface area contributed by atoms with Crippen molar-refractivity contribution in [1.29, 1.82) is 0 Å². The van der Waals surface area contributed by atoms with Crippen LogP contribution in [-0.4, -0.2) is 22.6 Å². The van der Waals surface area contributed by atoms with Crippen LogP contribution in [-0.2, 0) is 22.5 Å². The Bertz CT molecular complexity index is 742. The van der Waals surface area contributed by atoms with Crippen molar-refractivity contribution >= 4 is 39.7 Å². The number of aromatic amines is 1. The molecule has 0 amide bonds. The van der Waals surface area contributed by atoms with Crippen LogP contribution in [0, 0.1) is 4.77 Å². The third-order valence-corrected chi connectivity index (χ3v) is 4.58. The van der Waals surface area contributed by atoms with Crippen molar-refractivity contribution in [3.05, 3.63) is 26.1 Å². The Kier molecular flexibility index (Phi) is 4.72. The topological polar surface area (TPSA) is 64.1 Å². The van der Waals surface area contributed by atoms with Crippen LogP contribution in [0.5, 0.6) is 0 Å². The molecule has 7 heteroatoms. The van der Waals surface area contributed by atoms with Gasteiger partial charge in [0.1, 0.15) is 4.83 Å². The van der Waals surface area contributed by atoms with Gasteiger partial charge in [-0.1, -0.05) is 6.92 Å². The zero-order valence-corrected chi connectivity index (χ0v) is 13.0. The van der Waals surface area contributed by atoms with Gasteiger partial charge in [-0.2, -0.15) is 0 Å². The summed E-state index contributed by atoms with van der Waals surface area (Å²) in [6.45, 7) is 2.46. The zero-order valence-electron chi connectivity index (χ0n) is 11.4. The summed E-state index contributed by atoms with van der Waals surface area (Å²) in [6, 6.07) is 1.91. The van der Waals surface area contributed by atoms with E-state index in [1.54, 1.807) is 11.3 Å². The summed E-state index contributed by atoms with van der Waals surface area (Å²) in [5.74, 6) is -0.280. The maximum atomic E-state index is 12.4. The van der Waals surface area contributed by atoms with Crippen molar-refractivity contribution in [1.82, 2.24) is 9.55 Å². The molecule has 0 aliphatic carbocycles. The Morgan fingerprint density at radius 2 is 2.30 bits per heavy atom. The molecule has 0 aromatic carbocycles. The van der Waals surface area contributed by atoms with E-state index in [4.69, 9.17) is 12.2 Å². The molecule has 0 saturated carbocycles. The predicted molar refractivity (Wildman–Crippen MR) is 81.9 cm³/mol. The number of aromatic nitrogens is 2. The first-order valence-electron chi connectivity index (χ1n) is 6.39. The van der Waals surface area contributed by atoms with Crippen LogP contribution in [0.2, 0.25) is 0 Å². The van der Waals surface area contributed by atoms with E-state index < -0.39 is 0 Å². The molecular weight excluding hydrogens is 296 g/mol. The number of rotatable bonds is 5. The van der Waals surface area contributed by atoms with Gasteiger partial charge in [0.15, 0.2) is 4.77 Å². The molecule has 1 N–H and O–H groups in total. The predicted octanol–water partition coefficient (Wildman–Crippen LogP) is 2.64. The summed E-state index contributed by atoms with van der Waals surface area (Å²) in [5, 5.41) is 0.665. The minimum Gasteiger partial charge on any atom is -0.469 e. The number of hydrogen-bond acceptors (Lipinski definition) is 5. The number of hydrogen-bond donors (Lipinski definition) is 1. The van der Waals surface area contributed by atoms with E-state index in [0.29, 0.717) is 23.1 Å². The number of thiophene rings is 1. The van der Waals surface area contributed by atoms with E-state index in [1.807, 2.05) is 13.0 Å². The van der Waals surface area contributed by atoms with Crippen molar-refractivity contribution in [2.45, 2.75) is 32.7 Å². The number of carbonyl (C=O) groups is 1. The number of fused-ring (bicyclic) bond motifs is 1. The summed E-state index contributed by atoms with van der Waals surface area (Å²) in [4.78, 5) is 28.5. The van der Waals surface area contributed by atoms with Crippen LogP contribution in [0.3, 0.4) is 0 Å². The lowest BCUT2D eigenvalue weighted by molar-refractivity contribution is -0.140. The smallest absolute Gasteiger partial charge is 0.305 e. The van der Waals surface area contributed by atoms with Gasteiger partial charge in [0, 0.05) is 17.8 Å². The summed E-state index contributed by atoms with van der Waals surface area (Å²) < 4.78 is 6.48. The maximum absolute atomic E-state index is 12.4. The molecule has 0 aliphatic rings. The summed E-state index contributed by atoms with van der Waals surface area (Å²) >= 11 is 6.77. The molecule has 0 bridgehead atoms. The highest BCUT2D eigenvalue weighted by molar-refractivity contribution is 7.71. The molecule has 0 saturated heterocycles. The Morgan fingerprint density at radius 3 is 2.95 bits per heavy atom. The Labute approximate surface area is 125 Å². The molecule has 0 aliphatic heterocycles. The number of carbonyl (C=O) groups excluding carboxylic acids is 1. The van der Waals surface area contributed by atoms with Crippen molar-refractivity contribution in [3.63, 3.8) is 0 Å². The van der Waals surface area contributed by atoms with E-state index in [-0.39, 0.29) is 17.9 Å². The number of ether oxygens (including phenoxy) is 1. The molecule has 0 unspecified atom stereocenters. The first kappa shape index (κ1) is 14.9. The van der Waals surface area contributed by atoms with Crippen molar-refractivity contribution in [2.75, 3.05) is 7.11 Å². The van der Waals surface area contributed by atoms with Crippen molar-refractivity contribution in [3.8, 4) is 0 Å². The van der Waals surface area contributed by atoms with Gasteiger partial charge in [-0.15, -0.1) is 11.3 Å². The van der Waals surface area contributed by atoms with E-state index in [9.17, 15) is 9.59 Å². The molecule has 2 aromatic rings. The standard InChI is InChI=1S/C13H16N2O3S2/c1-3-8-7-9-11(20-8)14-13(19)15(12(9)17)6-4-5-10(16)18-2/h7H,3-6H2,1-2H3,(H,14,19). The van der Waals surface area contributed by atoms with Crippen LogP contribution >= 0.6 is 23.6 Å². The second-order valence-electron chi connectivity index (χ2n) is 4.38. The zero-order chi connectivity index (χ0) is 14.7. The van der Waals surface area contributed by atoms with Gasteiger partial charge in [-0.25, -0.2) is 0 Å². The second-order valence-corrected chi connectivity index (χ2v) is 5.90. The molecule has 108 valence electrons. The summed E-state index contributed by atoms with van der Waals surface area (Å²) in [5.41, 5.74) is -0.0930. The fourth-order valence-electron chi connectivity index (χ4n) is 1.96. The number of nitrogens with one attached hydrogen (secondary N) is 1. The van der Waals surface area contributed by atoms with Gasteiger partial charge in [0.25, 0.3) is 5.56 Å². The molecule has 2 aromatic heterocycles. The van der Waals surface area contributed by atoms with E-state index >= 15 is 0 Å². The van der Waals surface area contributed by atoms with E-state index in [1.165, 1.54) is 11.7 Å². The Hall–Kier alpha value is -1.47. The monoisotopic (exact) mass is 312 g/mol. The SMILES string of the molecule is CCc1cc2c(=O)n(CCCC(=O)OC)c(=S)[nH]c2s1. The molecule has 0 radical (unpaired) electrons. The third kappa shape index (κ3) is 2.99. The van der Waals surface area contributed by atoms with E-state index in [0.717, 1.165) is 16.1 Å². The van der Waals surface area contributed by atoms with Crippen LogP contribution in [0.25, 0.3) is 10.2 Å². The summed E-state index contributed by atoms with van der Waals surface area (Å²) in [6.07, 6.45) is 1.70. The highest BCUT2D eigenvalue weighted by atomic mass is 32.1. The fourth-order valence-corrected chi connectivity index (χ4v) is 3.28. The van der Waals surface area contributed by atoms with Gasteiger partial charge in [-0.3, -0.25) is 14.2 Å². The first-order valence-corrected chi connectivity index (χ1v) is 7.61. The maximum Gasteiger partial charge on any atom is 0.305 e. The number of esters is 1. The average Bonchev–Trinajstić information content (AvgIpc) is 2.85. The quantitative estimate of drug-likeness (QED) is 0.681. The first-order chi connectivity index (χ1) is 9.56. The molecule has 2 rings (SSSR count). The number of H-pyrrole nitrogens is 1. The minimum absolute atomic E-state index is 0.0930. The highest BCUT2D eigenvalue weighted by Gasteiger charge is 2.09.